The zero-order chi connectivity index (χ0) is 11.4. The Morgan fingerprint density at radius 1 is 1.27 bits per heavy atom. The van der Waals surface area contributed by atoms with Crippen LogP contribution in [0.4, 0.5) is 4.39 Å². The smallest absolute Gasteiger partial charge is 0.126 e. The Morgan fingerprint density at radius 3 is 2.47 bits per heavy atom. The summed E-state index contributed by atoms with van der Waals surface area (Å²) in [5.74, 6) is -0.182. The molecule has 1 aromatic rings. The summed E-state index contributed by atoms with van der Waals surface area (Å²) in [4.78, 5) is 0. The maximum Gasteiger partial charge on any atom is 0.126 e. The zero-order valence-corrected chi connectivity index (χ0v) is 9.33. The van der Waals surface area contributed by atoms with Gasteiger partial charge in [-0.15, -0.1) is 0 Å². The molecule has 1 aromatic carbocycles. The highest BCUT2D eigenvalue weighted by molar-refractivity contribution is 5.26. The molecule has 2 nitrogen and oxygen atoms in total. The molecular formula is C12H19FN2. The van der Waals surface area contributed by atoms with E-state index in [9.17, 15) is 4.39 Å². The Kier molecular flexibility index (Phi) is 4.24. The first-order valence-corrected chi connectivity index (χ1v) is 5.28. The molecule has 2 unspecified atom stereocenters. The number of nitrogens with two attached hydrogens (primary N) is 2. The van der Waals surface area contributed by atoms with E-state index in [0.717, 1.165) is 18.4 Å². The first-order chi connectivity index (χ1) is 7.00. The van der Waals surface area contributed by atoms with Crippen molar-refractivity contribution >= 4 is 0 Å². The third-order valence-electron chi connectivity index (χ3n) is 2.54. The van der Waals surface area contributed by atoms with Crippen molar-refractivity contribution < 1.29 is 4.39 Å². The van der Waals surface area contributed by atoms with Crippen LogP contribution in [-0.2, 0) is 0 Å². The molecule has 3 heteroatoms. The van der Waals surface area contributed by atoms with E-state index < -0.39 is 0 Å². The van der Waals surface area contributed by atoms with Crippen LogP contribution in [0.3, 0.4) is 0 Å². The molecule has 0 aromatic heterocycles. The molecular weight excluding hydrogens is 191 g/mol. The van der Waals surface area contributed by atoms with E-state index in [1.54, 1.807) is 19.1 Å². The molecule has 0 radical (unpaired) electrons. The van der Waals surface area contributed by atoms with Crippen molar-refractivity contribution in [2.45, 2.75) is 38.8 Å². The molecule has 84 valence electrons. The predicted octanol–water partition coefficient (Wildman–Crippen LogP) is 2.26. The van der Waals surface area contributed by atoms with E-state index in [1.807, 2.05) is 6.92 Å². The standard InChI is InChI=1S/C12H19FN2/c1-8-7-10(4-5-11(8)13)12(15)6-3-9(2)14/h4-5,7,9,12H,3,6,14-15H2,1-2H3. The van der Waals surface area contributed by atoms with Gasteiger partial charge in [-0.25, -0.2) is 4.39 Å². The summed E-state index contributed by atoms with van der Waals surface area (Å²) in [6, 6.07) is 5.14. The average molecular weight is 210 g/mol. The number of halogens is 1. The van der Waals surface area contributed by atoms with Gasteiger partial charge in [-0.2, -0.15) is 0 Å². The van der Waals surface area contributed by atoms with Crippen LogP contribution in [0.5, 0.6) is 0 Å². The van der Waals surface area contributed by atoms with Crippen LogP contribution in [0.15, 0.2) is 18.2 Å². The lowest BCUT2D eigenvalue weighted by Gasteiger charge is -2.14. The molecule has 2 atom stereocenters. The second-order valence-electron chi connectivity index (χ2n) is 4.17. The van der Waals surface area contributed by atoms with E-state index in [0.29, 0.717) is 5.56 Å². The Hall–Kier alpha value is -0.930. The van der Waals surface area contributed by atoms with Crippen LogP contribution in [0.1, 0.15) is 36.9 Å². The van der Waals surface area contributed by atoms with Gasteiger partial charge in [0.2, 0.25) is 0 Å². The van der Waals surface area contributed by atoms with Gasteiger partial charge in [0.25, 0.3) is 0 Å². The summed E-state index contributed by atoms with van der Waals surface area (Å²) in [5, 5.41) is 0. The summed E-state index contributed by atoms with van der Waals surface area (Å²) < 4.78 is 13.0. The van der Waals surface area contributed by atoms with Gasteiger partial charge in [0.1, 0.15) is 5.82 Å². The number of hydrogen-bond donors (Lipinski definition) is 2. The average Bonchev–Trinajstić information content (AvgIpc) is 2.18. The van der Waals surface area contributed by atoms with Crippen molar-refractivity contribution in [2.24, 2.45) is 11.5 Å². The van der Waals surface area contributed by atoms with Gasteiger partial charge < -0.3 is 11.5 Å². The summed E-state index contributed by atoms with van der Waals surface area (Å²) in [5.41, 5.74) is 13.3. The molecule has 0 spiro atoms. The van der Waals surface area contributed by atoms with Crippen LogP contribution in [0.25, 0.3) is 0 Å². The van der Waals surface area contributed by atoms with Gasteiger partial charge in [0, 0.05) is 12.1 Å². The Labute approximate surface area is 90.5 Å². The summed E-state index contributed by atoms with van der Waals surface area (Å²) in [7, 11) is 0. The normalized spacial score (nSPS) is 15.0. The number of rotatable bonds is 4. The molecule has 0 aliphatic carbocycles. The highest BCUT2D eigenvalue weighted by atomic mass is 19.1. The molecule has 4 N–H and O–H groups in total. The lowest BCUT2D eigenvalue weighted by molar-refractivity contribution is 0.552. The van der Waals surface area contributed by atoms with Crippen molar-refractivity contribution in [3.05, 3.63) is 35.1 Å². The first-order valence-electron chi connectivity index (χ1n) is 5.28. The van der Waals surface area contributed by atoms with Gasteiger partial charge in [-0.1, -0.05) is 12.1 Å². The van der Waals surface area contributed by atoms with Crippen molar-refractivity contribution in [2.75, 3.05) is 0 Å². The van der Waals surface area contributed by atoms with Gasteiger partial charge in [0.05, 0.1) is 0 Å². The fourth-order valence-electron chi connectivity index (χ4n) is 1.51. The van der Waals surface area contributed by atoms with E-state index in [1.165, 1.54) is 6.07 Å². The summed E-state index contributed by atoms with van der Waals surface area (Å²) >= 11 is 0. The maximum atomic E-state index is 13.0. The SMILES string of the molecule is Cc1cc(C(N)CCC(C)N)ccc1F. The van der Waals surface area contributed by atoms with E-state index in [-0.39, 0.29) is 17.9 Å². The fraction of sp³-hybridized carbons (Fsp3) is 0.500. The van der Waals surface area contributed by atoms with Crippen LogP contribution < -0.4 is 11.5 Å². The Balaban J connectivity index is 2.65. The minimum absolute atomic E-state index is 0.0460. The lowest BCUT2D eigenvalue weighted by Crippen LogP contribution is -2.19. The van der Waals surface area contributed by atoms with Crippen LogP contribution >= 0.6 is 0 Å². The second kappa shape index (κ2) is 5.24. The lowest BCUT2D eigenvalue weighted by atomic mass is 9.99. The van der Waals surface area contributed by atoms with E-state index in [2.05, 4.69) is 0 Å². The summed E-state index contributed by atoms with van der Waals surface area (Å²) in [6.07, 6.45) is 1.72. The third-order valence-corrected chi connectivity index (χ3v) is 2.54. The molecule has 0 bridgehead atoms. The number of hydrogen-bond acceptors (Lipinski definition) is 2. The monoisotopic (exact) mass is 210 g/mol. The van der Waals surface area contributed by atoms with Crippen molar-refractivity contribution in [3.8, 4) is 0 Å². The molecule has 0 heterocycles. The third kappa shape index (κ3) is 3.61. The molecule has 0 amide bonds. The van der Waals surface area contributed by atoms with Gasteiger partial charge >= 0.3 is 0 Å². The largest absolute Gasteiger partial charge is 0.328 e. The highest BCUT2D eigenvalue weighted by Crippen LogP contribution is 2.19. The van der Waals surface area contributed by atoms with Crippen LogP contribution in [0, 0.1) is 12.7 Å². The maximum absolute atomic E-state index is 13.0. The number of aryl methyl sites for hydroxylation is 1. The summed E-state index contributed by atoms with van der Waals surface area (Å²) in [6.45, 7) is 3.71. The molecule has 0 fully saturated rings. The second-order valence-corrected chi connectivity index (χ2v) is 4.17. The van der Waals surface area contributed by atoms with E-state index in [4.69, 9.17) is 11.5 Å². The van der Waals surface area contributed by atoms with Crippen molar-refractivity contribution in [1.82, 2.24) is 0 Å². The molecule has 1 rings (SSSR count). The quantitative estimate of drug-likeness (QED) is 0.801. The molecule has 15 heavy (non-hydrogen) atoms. The molecule has 0 aliphatic rings. The first kappa shape index (κ1) is 12.1. The van der Waals surface area contributed by atoms with E-state index >= 15 is 0 Å². The molecule has 0 aliphatic heterocycles. The molecule has 0 saturated carbocycles. The van der Waals surface area contributed by atoms with Crippen molar-refractivity contribution in [1.29, 1.82) is 0 Å². The topological polar surface area (TPSA) is 52.0 Å². The van der Waals surface area contributed by atoms with Gasteiger partial charge in [-0.05, 0) is 43.9 Å². The fourth-order valence-corrected chi connectivity index (χ4v) is 1.51. The van der Waals surface area contributed by atoms with Crippen LogP contribution in [0.2, 0.25) is 0 Å². The Bertz CT molecular complexity index is 323. The molecule has 0 saturated heterocycles. The minimum atomic E-state index is -0.182. The number of benzene rings is 1. The Morgan fingerprint density at radius 2 is 1.93 bits per heavy atom. The van der Waals surface area contributed by atoms with Crippen LogP contribution in [-0.4, -0.2) is 6.04 Å². The van der Waals surface area contributed by atoms with Crippen molar-refractivity contribution in [3.63, 3.8) is 0 Å². The zero-order valence-electron chi connectivity index (χ0n) is 9.33. The highest BCUT2D eigenvalue weighted by Gasteiger charge is 2.08. The minimum Gasteiger partial charge on any atom is -0.328 e. The van der Waals surface area contributed by atoms with Gasteiger partial charge in [-0.3, -0.25) is 0 Å². The predicted molar refractivity (Wildman–Crippen MR) is 60.9 cm³/mol. The van der Waals surface area contributed by atoms with Gasteiger partial charge in [0.15, 0.2) is 0 Å².